The van der Waals surface area contributed by atoms with E-state index in [0.29, 0.717) is 5.41 Å². The molecule has 0 bridgehead atoms. The van der Waals surface area contributed by atoms with Crippen molar-refractivity contribution >= 4 is 5.69 Å². The summed E-state index contributed by atoms with van der Waals surface area (Å²) in [6, 6.07) is 9.16. The third kappa shape index (κ3) is 1.66. The largest absolute Gasteiger partial charge is 0.370 e. The maximum Gasteiger partial charge on any atom is 0.0405 e. The normalized spacial score (nSPS) is 25.4. The van der Waals surface area contributed by atoms with Gasteiger partial charge in [-0.3, -0.25) is 0 Å². The predicted octanol–water partition coefficient (Wildman–Crippen LogP) is 2.54. The van der Waals surface area contributed by atoms with E-state index in [-0.39, 0.29) is 0 Å². The van der Waals surface area contributed by atoms with E-state index in [4.69, 9.17) is 0 Å². The second-order valence-electron chi connectivity index (χ2n) is 6.37. The van der Waals surface area contributed by atoms with Crippen molar-refractivity contribution in [1.29, 1.82) is 0 Å². The highest BCUT2D eigenvalue weighted by molar-refractivity contribution is 5.63. The number of para-hydroxylation sites is 1. The van der Waals surface area contributed by atoms with Crippen LogP contribution in [0, 0.1) is 5.92 Å². The number of nitrogens with zero attached hydrogens (tertiary/aromatic N) is 1. The SMILES string of the molecule is c1ccc2c(c1)N(CC1CC1)CC21CCNCC1. The summed E-state index contributed by atoms with van der Waals surface area (Å²) in [7, 11) is 0. The van der Waals surface area contributed by atoms with Crippen molar-refractivity contribution in [2.75, 3.05) is 31.1 Å². The lowest BCUT2D eigenvalue weighted by Crippen LogP contribution is -2.43. The number of nitrogens with one attached hydrogen (secondary N) is 1. The zero-order valence-electron chi connectivity index (χ0n) is 11.0. The molecule has 2 fully saturated rings. The second kappa shape index (κ2) is 3.99. The van der Waals surface area contributed by atoms with E-state index in [1.165, 1.54) is 57.5 Å². The lowest BCUT2D eigenvalue weighted by atomic mass is 9.75. The van der Waals surface area contributed by atoms with Crippen molar-refractivity contribution in [3.8, 4) is 0 Å². The van der Waals surface area contributed by atoms with Crippen LogP contribution in [-0.2, 0) is 5.41 Å². The van der Waals surface area contributed by atoms with Crippen LogP contribution in [0.1, 0.15) is 31.2 Å². The van der Waals surface area contributed by atoms with Gasteiger partial charge in [0, 0.05) is 24.2 Å². The number of anilines is 1. The molecule has 2 heterocycles. The van der Waals surface area contributed by atoms with Crippen LogP contribution in [0.15, 0.2) is 24.3 Å². The Kier molecular flexibility index (Phi) is 2.41. The molecule has 0 aromatic heterocycles. The van der Waals surface area contributed by atoms with Gasteiger partial charge in [-0.05, 0) is 56.3 Å². The summed E-state index contributed by atoms with van der Waals surface area (Å²) in [6.45, 7) is 4.94. The predicted molar refractivity (Wildman–Crippen MR) is 75.2 cm³/mol. The van der Waals surface area contributed by atoms with E-state index < -0.39 is 0 Å². The van der Waals surface area contributed by atoms with Crippen molar-refractivity contribution in [3.05, 3.63) is 29.8 Å². The lowest BCUT2D eigenvalue weighted by Gasteiger charge is -2.35. The molecule has 1 spiro atoms. The molecule has 18 heavy (non-hydrogen) atoms. The minimum atomic E-state index is 0.455. The van der Waals surface area contributed by atoms with Crippen LogP contribution in [-0.4, -0.2) is 26.2 Å². The number of rotatable bonds is 2. The highest BCUT2D eigenvalue weighted by Gasteiger charge is 2.43. The van der Waals surface area contributed by atoms with Gasteiger partial charge in [-0.15, -0.1) is 0 Å². The number of hydrogen-bond acceptors (Lipinski definition) is 2. The van der Waals surface area contributed by atoms with Crippen LogP contribution < -0.4 is 10.2 Å². The standard InChI is InChI=1S/C16H22N2/c1-2-4-15-14(3-1)16(7-9-17-10-8-16)12-18(15)11-13-5-6-13/h1-4,13,17H,5-12H2. The summed E-state index contributed by atoms with van der Waals surface area (Å²) < 4.78 is 0. The van der Waals surface area contributed by atoms with Crippen molar-refractivity contribution in [1.82, 2.24) is 5.32 Å². The van der Waals surface area contributed by atoms with Crippen molar-refractivity contribution in [2.45, 2.75) is 31.1 Å². The van der Waals surface area contributed by atoms with Crippen molar-refractivity contribution < 1.29 is 0 Å². The van der Waals surface area contributed by atoms with Crippen LogP contribution in [0.5, 0.6) is 0 Å². The van der Waals surface area contributed by atoms with Crippen molar-refractivity contribution in [2.24, 2.45) is 5.92 Å². The molecule has 0 radical (unpaired) electrons. The first-order chi connectivity index (χ1) is 8.87. The van der Waals surface area contributed by atoms with E-state index in [1.807, 2.05) is 0 Å². The monoisotopic (exact) mass is 242 g/mol. The van der Waals surface area contributed by atoms with Gasteiger partial charge in [0.25, 0.3) is 0 Å². The highest BCUT2D eigenvalue weighted by Crippen LogP contribution is 2.47. The average molecular weight is 242 g/mol. The molecular formula is C16H22N2. The minimum absolute atomic E-state index is 0.455. The minimum Gasteiger partial charge on any atom is -0.370 e. The van der Waals surface area contributed by atoms with E-state index in [9.17, 15) is 0 Å². The van der Waals surface area contributed by atoms with Crippen LogP contribution in [0.4, 0.5) is 5.69 Å². The smallest absolute Gasteiger partial charge is 0.0405 e. The Morgan fingerprint density at radius 1 is 1.17 bits per heavy atom. The molecule has 1 saturated heterocycles. The van der Waals surface area contributed by atoms with Crippen LogP contribution in [0.2, 0.25) is 0 Å². The van der Waals surface area contributed by atoms with Gasteiger partial charge in [-0.2, -0.15) is 0 Å². The Balaban J connectivity index is 1.69. The van der Waals surface area contributed by atoms with E-state index >= 15 is 0 Å². The summed E-state index contributed by atoms with van der Waals surface area (Å²) in [5, 5.41) is 3.52. The molecule has 4 rings (SSSR count). The van der Waals surface area contributed by atoms with Gasteiger partial charge >= 0.3 is 0 Å². The molecule has 2 aliphatic heterocycles. The van der Waals surface area contributed by atoms with Crippen LogP contribution >= 0.6 is 0 Å². The van der Waals surface area contributed by atoms with Gasteiger partial charge in [0.1, 0.15) is 0 Å². The maximum atomic E-state index is 3.52. The lowest BCUT2D eigenvalue weighted by molar-refractivity contribution is 0.324. The molecule has 1 aliphatic carbocycles. The Bertz CT molecular complexity index is 444. The Morgan fingerprint density at radius 2 is 1.94 bits per heavy atom. The number of fused-ring (bicyclic) bond motifs is 2. The summed E-state index contributed by atoms with van der Waals surface area (Å²) in [5.41, 5.74) is 3.62. The van der Waals surface area contributed by atoms with Gasteiger partial charge in [-0.1, -0.05) is 18.2 Å². The molecule has 3 aliphatic rings. The second-order valence-corrected chi connectivity index (χ2v) is 6.37. The maximum absolute atomic E-state index is 3.52. The van der Waals surface area contributed by atoms with Gasteiger partial charge in [-0.25, -0.2) is 0 Å². The van der Waals surface area contributed by atoms with E-state index in [1.54, 1.807) is 5.56 Å². The fourth-order valence-corrected chi connectivity index (χ4v) is 3.84. The van der Waals surface area contributed by atoms with Crippen LogP contribution in [0.25, 0.3) is 0 Å². The number of hydrogen-bond donors (Lipinski definition) is 1. The summed E-state index contributed by atoms with van der Waals surface area (Å²) in [4.78, 5) is 2.68. The molecule has 1 aromatic carbocycles. The molecule has 0 atom stereocenters. The first-order valence-electron chi connectivity index (χ1n) is 7.43. The summed E-state index contributed by atoms with van der Waals surface area (Å²) >= 11 is 0. The van der Waals surface area contributed by atoms with Gasteiger partial charge in [0.05, 0.1) is 0 Å². The third-order valence-corrected chi connectivity index (χ3v) is 5.05. The fourth-order valence-electron chi connectivity index (χ4n) is 3.84. The first kappa shape index (κ1) is 10.9. The molecule has 1 N–H and O–H groups in total. The summed E-state index contributed by atoms with van der Waals surface area (Å²) in [6.07, 6.45) is 5.52. The zero-order chi connectivity index (χ0) is 12.0. The topological polar surface area (TPSA) is 15.3 Å². The Labute approximate surface area is 109 Å². The quantitative estimate of drug-likeness (QED) is 0.857. The molecule has 2 heteroatoms. The Morgan fingerprint density at radius 3 is 2.72 bits per heavy atom. The molecular weight excluding hydrogens is 220 g/mol. The molecule has 96 valence electrons. The number of piperidine rings is 1. The molecule has 0 amide bonds. The molecule has 2 nitrogen and oxygen atoms in total. The van der Waals surface area contributed by atoms with E-state index in [0.717, 1.165) is 5.92 Å². The third-order valence-electron chi connectivity index (χ3n) is 5.05. The first-order valence-corrected chi connectivity index (χ1v) is 7.43. The average Bonchev–Trinajstić information content (AvgIpc) is 3.18. The van der Waals surface area contributed by atoms with Gasteiger partial charge in [0.2, 0.25) is 0 Å². The van der Waals surface area contributed by atoms with Crippen LogP contribution in [0.3, 0.4) is 0 Å². The highest BCUT2D eigenvalue weighted by atomic mass is 15.2. The van der Waals surface area contributed by atoms with Gasteiger partial charge < -0.3 is 10.2 Å². The summed E-state index contributed by atoms with van der Waals surface area (Å²) in [5.74, 6) is 0.981. The Hall–Kier alpha value is -1.02. The van der Waals surface area contributed by atoms with E-state index in [2.05, 4.69) is 34.5 Å². The zero-order valence-corrected chi connectivity index (χ0v) is 11.0. The van der Waals surface area contributed by atoms with Crippen molar-refractivity contribution in [3.63, 3.8) is 0 Å². The molecule has 0 unspecified atom stereocenters. The number of benzene rings is 1. The fraction of sp³-hybridized carbons (Fsp3) is 0.625. The van der Waals surface area contributed by atoms with Gasteiger partial charge in [0.15, 0.2) is 0 Å². The molecule has 1 saturated carbocycles. The molecule has 1 aromatic rings.